The summed E-state index contributed by atoms with van der Waals surface area (Å²) in [7, 11) is 0. The molecule has 2 aliphatic heterocycles. The summed E-state index contributed by atoms with van der Waals surface area (Å²) in [4.78, 5) is 14.4. The van der Waals surface area contributed by atoms with Gasteiger partial charge in [0.05, 0.1) is 24.2 Å². The molecule has 0 radical (unpaired) electrons. The normalized spacial score (nSPS) is 24.4. The molecule has 4 nitrogen and oxygen atoms in total. The Balaban J connectivity index is 2.00. The molecule has 1 saturated heterocycles. The fraction of sp³-hybridized carbons (Fsp3) is 0.227. The van der Waals surface area contributed by atoms with Gasteiger partial charge in [0, 0.05) is 12.1 Å². The molecule has 0 spiro atoms. The molecular formula is C22H16FN3O. The van der Waals surface area contributed by atoms with E-state index in [2.05, 4.69) is 12.1 Å². The van der Waals surface area contributed by atoms with E-state index >= 15 is 0 Å². The highest BCUT2D eigenvalue weighted by Gasteiger charge is 2.63. The highest BCUT2D eigenvalue weighted by atomic mass is 19.1. The second kappa shape index (κ2) is 6.07. The van der Waals surface area contributed by atoms with E-state index in [1.54, 1.807) is 18.3 Å². The second-order valence-electron chi connectivity index (χ2n) is 6.97. The first-order valence-corrected chi connectivity index (χ1v) is 8.66. The molecule has 2 heterocycles. The van der Waals surface area contributed by atoms with E-state index in [0.717, 1.165) is 11.1 Å². The summed E-state index contributed by atoms with van der Waals surface area (Å²) in [6.07, 6.45) is 3.69. The molecule has 132 valence electrons. The number of halogens is 1. The number of nitriles is 2. The molecule has 0 bridgehead atoms. The Hall–Kier alpha value is -3.44. The van der Waals surface area contributed by atoms with Crippen molar-refractivity contribution in [3.05, 3.63) is 77.2 Å². The fourth-order valence-corrected chi connectivity index (χ4v) is 4.50. The van der Waals surface area contributed by atoms with Crippen LogP contribution < -0.4 is 0 Å². The van der Waals surface area contributed by atoms with E-state index in [-0.39, 0.29) is 5.78 Å². The molecule has 0 amide bonds. The molecule has 0 saturated carbocycles. The summed E-state index contributed by atoms with van der Waals surface area (Å²) in [5.74, 6) is -1.23. The first-order valence-electron chi connectivity index (χ1n) is 8.66. The number of benzene rings is 2. The Morgan fingerprint density at radius 2 is 1.78 bits per heavy atom. The van der Waals surface area contributed by atoms with Gasteiger partial charge in [0.25, 0.3) is 0 Å². The van der Waals surface area contributed by atoms with Crippen LogP contribution in [0.25, 0.3) is 6.08 Å². The first kappa shape index (κ1) is 17.0. The Morgan fingerprint density at radius 3 is 2.41 bits per heavy atom. The predicted molar refractivity (Wildman–Crippen MR) is 97.3 cm³/mol. The summed E-state index contributed by atoms with van der Waals surface area (Å²) < 4.78 is 13.5. The quantitative estimate of drug-likeness (QED) is 0.816. The van der Waals surface area contributed by atoms with E-state index < -0.39 is 29.2 Å². The maximum Gasteiger partial charge on any atom is 0.177 e. The third kappa shape index (κ3) is 2.29. The average molecular weight is 357 g/mol. The van der Waals surface area contributed by atoms with Crippen molar-refractivity contribution in [2.75, 3.05) is 0 Å². The maximum absolute atomic E-state index is 13.5. The van der Waals surface area contributed by atoms with Crippen molar-refractivity contribution >= 4 is 11.9 Å². The minimum atomic E-state index is -1.48. The van der Waals surface area contributed by atoms with Crippen molar-refractivity contribution in [3.8, 4) is 12.1 Å². The van der Waals surface area contributed by atoms with E-state index in [1.807, 2.05) is 35.2 Å². The van der Waals surface area contributed by atoms with Gasteiger partial charge in [0.2, 0.25) is 0 Å². The molecule has 0 N–H and O–H groups in total. The molecular weight excluding hydrogens is 341 g/mol. The zero-order valence-electron chi connectivity index (χ0n) is 14.6. The van der Waals surface area contributed by atoms with Crippen molar-refractivity contribution in [2.24, 2.45) is 5.41 Å². The molecule has 2 aromatic rings. The molecule has 5 heteroatoms. The van der Waals surface area contributed by atoms with E-state index in [9.17, 15) is 19.7 Å². The van der Waals surface area contributed by atoms with Crippen LogP contribution in [0.2, 0.25) is 0 Å². The van der Waals surface area contributed by atoms with Gasteiger partial charge in [-0.05, 0) is 41.8 Å². The van der Waals surface area contributed by atoms with Crippen molar-refractivity contribution in [3.63, 3.8) is 0 Å². The van der Waals surface area contributed by atoms with Crippen LogP contribution in [0.5, 0.6) is 0 Å². The van der Waals surface area contributed by atoms with Crippen LogP contribution in [0.1, 0.15) is 35.6 Å². The van der Waals surface area contributed by atoms with Gasteiger partial charge >= 0.3 is 0 Å². The largest absolute Gasteiger partial charge is 0.357 e. The van der Waals surface area contributed by atoms with Gasteiger partial charge < -0.3 is 4.90 Å². The highest BCUT2D eigenvalue weighted by Crippen LogP contribution is 2.59. The van der Waals surface area contributed by atoms with Crippen molar-refractivity contribution in [1.82, 2.24) is 4.90 Å². The summed E-state index contributed by atoms with van der Waals surface area (Å²) in [6, 6.07) is 16.5. The molecule has 0 aromatic heterocycles. The van der Waals surface area contributed by atoms with Crippen LogP contribution in [0.3, 0.4) is 0 Å². The molecule has 3 atom stereocenters. The van der Waals surface area contributed by atoms with Gasteiger partial charge in [0.15, 0.2) is 11.2 Å². The fourth-order valence-electron chi connectivity index (χ4n) is 4.50. The molecule has 2 aliphatic rings. The molecule has 2 aromatic carbocycles. The third-order valence-electron chi connectivity index (χ3n) is 5.59. The Labute approximate surface area is 156 Å². The second-order valence-corrected chi connectivity index (χ2v) is 6.97. The molecule has 1 fully saturated rings. The predicted octanol–water partition coefficient (Wildman–Crippen LogP) is 3.94. The van der Waals surface area contributed by atoms with E-state index in [4.69, 9.17) is 0 Å². The zero-order chi connectivity index (χ0) is 19.2. The number of nitrogens with zero attached hydrogens (tertiary/aromatic N) is 3. The number of Topliss-reactive ketones (excluding diaryl/α,β-unsaturated/α-hetero) is 1. The number of carbonyl (C=O) groups excluding carboxylic acids is 1. The van der Waals surface area contributed by atoms with Crippen molar-refractivity contribution in [2.45, 2.75) is 24.9 Å². The number of ketones is 1. The van der Waals surface area contributed by atoms with Crippen molar-refractivity contribution in [1.29, 1.82) is 10.5 Å². The third-order valence-corrected chi connectivity index (χ3v) is 5.59. The highest BCUT2D eigenvalue weighted by molar-refractivity contribution is 5.85. The van der Waals surface area contributed by atoms with E-state index in [0.29, 0.717) is 5.56 Å². The number of hydrogen-bond acceptors (Lipinski definition) is 4. The van der Waals surface area contributed by atoms with Gasteiger partial charge in [0.1, 0.15) is 5.82 Å². The monoisotopic (exact) mass is 357 g/mol. The number of rotatable bonds is 2. The smallest absolute Gasteiger partial charge is 0.177 e. The lowest BCUT2D eigenvalue weighted by Crippen LogP contribution is -2.36. The summed E-state index contributed by atoms with van der Waals surface area (Å²) in [6.45, 7) is 1.47. The van der Waals surface area contributed by atoms with Crippen molar-refractivity contribution < 1.29 is 9.18 Å². The van der Waals surface area contributed by atoms with Crippen LogP contribution in [-0.2, 0) is 4.79 Å². The minimum Gasteiger partial charge on any atom is -0.357 e. The molecule has 27 heavy (non-hydrogen) atoms. The minimum absolute atomic E-state index is 0.134. The molecule has 0 aliphatic carbocycles. The lowest BCUT2D eigenvalue weighted by atomic mass is 9.68. The lowest BCUT2D eigenvalue weighted by molar-refractivity contribution is -0.121. The molecule has 0 unspecified atom stereocenters. The molecule has 4 rings (SSSR count). The van der Waals surface area contributed by atoms with Crippen LogP contribution in [-0.4, -0.2) is 16.7 Å². The van der Waals surface area contributed by atoms with Crippen LogP contribution in [0.4, 0.5) is 4.39 Å². The van der Waals surface area contributed by atoms with Crippen LogP contribution in [0.15, 0.2) is 54.7 Å². The van der Waals surface area contributed by atoms with Gasteiger partial charge in [-0.3, -0.25) is 4.79 Å². The number of carbonyl (C=O) groups is 1. The average Bonchev–Trinajstić information content (AvgIpc) is 3.00. The Bertz CT molecular complexity index is 1010. The first-order chi connectivity index (χ1) is 13.0. The van der Waals surface area contributed by atoms with Gasteiger partial charge in [-0.1, -0.05) is 36.4 Å². The Morgan fingerprint density at radius 1 is 1.11 bits per heavy atom. The SMILES string of the molecule is CC(=O)[C@@H]1[C@@H](c2ccc(F)cc2)C(C#N)(C#N)[C@H]2c3ccccc3C=CN12. The van der Waals surface area contributed by atoms with Gasteiger partial charge in [-0.15, -0.1) is 0 Å². The van der Waals surface area contributed by atoms with Crippen LogP contribution in [0, 0.1) is 33.9 Å². The lowest BCUT2D eigenvalue weighted by Gasteiger charge is -2.34. The van der Waals surface area contributed by atoms with Gasteiger partial charge in [-0.25, -0.2) is 4.39 Å². The number of hydrogen-bond donors (Lipinski definition) is 0. The Kier molecular flexibility index (Phi) is 3.82. The number of fused-ring (bicyclic) bond motifs is 3. The maximum atomic E-state index is 13.5. The topological polar surface area (TPSA) is 67.9 Å². The summed E-state index contributed by atoms with van der Waals surface area (Å²) in [5.41, 5.74) is 0.907. The van der Waals surface area contributed by atoms with Gasteiger partial charge in [-0.2, -0.15) is 10.5 Å². The standard InChI is InChI=1S/C22H16FN3O/c1-14(27)20-19(16-6-8-17(23)9-7-16)22(12-24,13-25)21-18-5-3-2-4-15(18)10-11-26(20)21/h2-11,19-21H,1H3/t19-,20-,21-/m1/s1. The zero-order valence-corrected chi connectivity index (χ0v) is 14.6. The summed E-state index contributed by atoms with van der Waals surface area (Å²) in [5, 5.41) is 20.3. The van der Waals surface area contributed by atoms with E-state index in [1.165, 1.54) is 19.1 Å². The van der Waals surface area contributed by atoms with Crippen LogP contribution >= 0.6 is 0 Å². The summed E-state index contributed by atoms with van der Waals surface area (Å²) >= 11 is 0.